The maximum absolute atomic E-state index is 11.8. The van der Waals surface area contributed by atoms with Crippen molar-refractivity contribution in [3.63, 3.8) is 0 Å². The van der Waals surface area contributed by atoms with Crippen molar-refractivity contribution in [1.29, 1.82) is 0 Å². The number of unbranched alkanes of at least 4 members (excludes halogenated alkanes) is 3. The van der Waals surface area contributed by atoms with Crippen LogP contribution in [0.3, 0.4) is 0 Å². The van der Waals surface area contributed by atoms with Gasteiger partial charge in [0.15, 0.2) is 0 Å². The molecule has 0 aromatic rings. The fourth-order valence-electron chi connectivity index (χ4n) is 2.41. The van der Waals surface area contributed by atoms with Crippen molar-refractivity contribution in [1.82, 2.24) is 10.2 Å². The van der Waals surface area contributed by atoms with E-state index >= 15 is 0 Å². The smallest absolute Gasteiger partial charge is 0.317 e. The Kier molecular flexibility index (Phi) is 7.30. The zero-order chi connectivity index (χ0) is 14.1. The molecule has 2 amide bonds. The molecule has 19 heavy (non-hydrogen) atoms. The fraction of sp³-hybridized carbons (Fsp3) is 0.857. The topological polar surface area (TPSA) is 69.6 Å². The van der Waals surface area contributed by atoms with E-state index in [4.69, 9.17) is 5.11 Å². The summed E-state index contributed by atoms with van der Waals surface area (Å²) in [4.78, 5) is 24.0. The van der Waals surface area contributed by atoms with Crippen LogP contribution in [0.1, 0.15) is 51.9 Å². The van der Waals surface area contributed by atoms with Crippen molar-refractivity contribution in [3.8, 4) is 0 Å². The highest BCUT2D eigenvalue weighted by atomic mass is 16.4. The summed E-state index contributed by atoms with van der Waals surface area (Å²) in [6.07, 6.45) is 6.07. The van der Waals surface area contributed by atoms with Crippen molar-refractivity contribution in [2.75, 3.05) is 19.6 Å². The lowest BCUT2D eigenvalue weighted by atomic mass is 10.1. The second-order valence-electron chi connectivity index (χ2n) is 5.30. The molecule has 0 saturated carbocycles. The molecule has 0 aromatic heterocycles. The first kappa shape index (κ1) is 15.8. The van der Waals surface area contributed by atoms with Gasteiger partial charge in [-0.05, 0) is 25.2 Å². The summed E-state index contributed by atoms with van der Waals surface area (Å²) < 4.78 is 0. The Morgan fingerprint density at radius 1 is 1.26 bits per heavy atom. The Morgan fingerprint density at radius 3 is 2.63 bits per heavy atom. The van der Waals surface area contributed by atoms with E-state index in [-0.39, 0.29) is 12.5 Å². The molecular formula is C14H26N2O3. The number of amides is 2. The van der Waals surface area contributed by atoms with E-state index in [0.29, 0.717) is 12.5 Å². The summed E-state index contributed by atoms with van der Waals surface area (Å²) >= 11 is 0. The van der Waals surface area contributed by atoms with Crippen molar-refractivity contribution in [3.05, 3.63) is 0 Å². The number of hydrogen-bond acceptors (Lipinski definition) is 2. The van der Waals surface area contributed by atoms with Gasteiger partial charge in [-0.3, -0.25) is 4.79 Å². The van der Waals surface area contributed by atoms with Gasteiger partial charge in [0.1, 0.15) is 0 Å². The maximum Gasteiger partial charge on any atom is 0.317 e. The van der Waals surface area contributed by atoms with Crippen LogP contribution in [0.25, 0.3) is 0 Å². The first-order valence-electron chi connectivity index (χ1n) is 7.38. The second-order valence-corrected chi connectivity index (χ2v) is 5.30. The van der Waals surface area contributed by atoms with Gasteiger partial charge in [-0.1, -0.05) is 26.2 Å². The lowest BCUT2D eigenvalue weighted by molar-refractivity contribution is -0.137. The minimum atomic E-state index is -0.729. The predicted molar refractivity (Wildman–Crippen MR) is 74.1 cm³/mol. The number of carbonyl (C=O) groups is 2. The number of urea groups is 1. The van der Waals surface area contributed by atoms with Crippen LogP contribution in [0.2, 0.25) is 0 Å². The summed E-state index contributed by atoms with van der Waals surface area (Å²) in [5.41, 5.74) is 0. The summed E-state index contributed by atoms with van der Waals surface area (Å²) in [6.45, 7) is 4.63. The number of hydrogen-bond donors (Lipinski definition) is 2. The van der Waals surface area contributed by atoms with Crippen LogP contribution in [-0.4, -0.2) is 41.6 Å². The van der Waals surface area contributed by atoms with E-state index in [1.54, 1.807) is 0 Å². The number of aliphatic carboxylic acids is 1. The van der Waals surface area contributed by atoms with Gasteiger partial charge in [-0.2, -0.15) is 0 Å². The number of likely N-dealkylation sites (tertiary alicyclic amines) is 1. The van der Waals surface area contributed by atoms with Gasteiger partial charge in [0.25, 0.3) is 0 Å². The SMILES string of the molecule is CCC1CCN(C(=O)NCCCCCCC(=O)O)C1. The third-order valence-corrected chi connectivity index (χ3v) is 3.74. The summed E-state index contributed by atoms with van der Waals surface area (Å²) in [7, 11) is 0. The molecule has 2 N–H and O–H groups in total. The van der Waals surface area contributed by atoms with Gasteiger partial charge in [-0.15, -0.1) is 0 Å². The van der Waals surface area contributed by atoms with Crippen molar-refractivity contribution in [2.45, 2.75) is 51.9 Å². The molecule has 0 aliphatic carbocycles. The van der Waals surface area contributed by atoms with Gasteiger partial charge in [0, 0.05) is 26.1 Å². The third-order valence-electron chi connectivity index (χ3n) is 3.74. The highest BCUT2D eigenvalue weighted by Crippen LogP contribution is 2.18. The number of nitrogens with one attached hydrogen (secondary N) is 1. The molecule has 1 aliphatic rings. The van der Waals surface area contributed by atoms with E-state index in [1.807, 2.05) is 4.90 Å². The zero-order valence-electron chi connectivity index (χ0n) is 11.9. The molecule has 1 fully saturated rings. The Balaban J connectivity index is 1.97. The van der Waals surface area contributed by atoms with Gasteiger partial charge in [0.2, 0.25) is 0 Å². The Hall–Kier alpha value is -1.26. The molecule has 1 rings (SSSR count). The standard InChI is InChI=1S/C14H26N2O3/c1-2-12-8-10-16(11-12)14(19)15-9-6-4-3-5-7-13(17)18/h12H,2-11H2,1H3,(H,15,19)(H,17,18). The Labute approximate surface area is 115 Å². The van der Waals surface area contributed by atoms with Gasteiger partial charge in [0.05, 0.1) is 0 Å². The average Bonchev–Trinajstić information content (AvgIpc) is 2.85. The first-order chi connectivity index (χ1) is 9.13. The molecule has 1 heterocycles. The molecule has 0 aromatic carbocycles. The highest BCUT2D eigenvalue weighted by molar-refractivity contribution is 5.74. The minimum absolute atomic E-state index is 0.0569. The molecule has 1 unspecified atom stereocenters. The van der Waals surface area contributed by atoms with E-state index in [0.717, 1.165) is 51.6 Å². The number of carboxylic acid groups (broad SMARTS) is 1. The molecular weight excluding hydrogens is 244 g/mol. The van der Waals surface area contributed by atoms with Crippen LogP contribution in [0.15, 0.2) is 0 Å². The maximum atomic E-state index is 11.8. The Bertz CT molecular complexity index is 294. The molecule has 5 nitrogen and oxygen atoms in total. The van der Waals surface area contributed by atoms with E-state index in [9.17, 15) is 9.59 Å². The molecule has 1 atom stereocenters. The van der Waals surface area contributed by atoms with Crippen molar-refractivity contribution in [2.24, 2.45) is 5.92 Å². The van der Waals surface area contributed by atoms with E-state index in [2.05, 4.69) is 12.2 Å². The molecule has 0 spiro atoms. The zero-order valence-corrected chi connectivity index (χ0v) is 11.9. The van der Waals surface area contributed by atoms with Gasteiger partial charge in [-0.25, -0.2) is 4.79 Å². The number of nitrogens with zero attached hydrogens (tertiary/aromatic N) is 1. The van der Waals surface area contributed by atoms with Crippen molar-refractivity contribution >= 4 is 12.0 Å². The number of carboxylic acids is 1. The molecule has 0 bridgehead atoms. The Morgan fingerprint density at radius 2 is 2.00 bits per heavy atom. The lowest BCUT2D eigenvalue weighted by Gasteiger charge is -2.17. The quantitative estimate of drug-likeness (QED) is 0.666. The summed E-state index contributed by atoms with van der Waals surface area (Å²) in [5.74, 6) is -0.0606. The molecule has 1 saturated heterocycles. The van der Waals surface area contributed by atoms with Gasteiger partial charge < -0.3 is 15.3 Å². The van der Waals surface area contributed by atoms with Crippen LogP contribution in [0.4, 0.5) is 4.79 Å². The van der Waals surface area contributed by atoms with Crippen LogP contribution in [0.5, 0.6) is 0 Å². The largest absolute Gasteiger partial charge is 0.481 e. The first-order valence-corrected chi connectivity index (χ1v) is 7.38. The molecule has 5 heteroatoms. The fourth-order valence-corrected chi connectivity index (χ4v) is 2.41. The van der Waals surface area contributed by atoms with Crippen LogP contribution in [0, 0.1) is 5.92 Å². The molecule has 110 valence electrons. The number of carbonyl (C=O) groups excluding carboxylic acids is 1. The molecule has 1 aliphatic heterocycles. The van der Waals surface area contributed by atoms with E-state index < -0.39 is 5.97 Å². The van der Waals surface area contributed by atoms with Gasteiger partial charge >= 0.3 is 12.0 Å². The lowest BCUT2D eigenvalue weighted by Crippen LogP contribution is -2.38. The monoisotopic (exact) mass is 270 g/mol. The molecule has 0 radical (unpaired) electrons. The highest BCUT2D eigenvalue weighted by Gasteiger charge is 2.24. The van der Waals surface area contributed by atoms with Crippen LogP contribution in [-0.2, 0) is 4.79 Å². The second kappa shape index (κ2) is 8.77. The normalized spacial score (nSPS) is 18.6. The number of rotatable bonds is 8. The van der Waals surface area contributed by atoms with E-state index in [1.165, 1.54) is 0 Å². The van der Waals surface area contributed by atoms with Crippen LogP contribution >= 0.6 is 0 Å². The summed E-state index contributed by atoms with van der Waals surface area (Å²) in [6, 6.07) is 0.0569. The van der Waals surface area contributed by atoms with Crippen LogP contribution < -0.4 is 5.32 Å². The average molecular weight is 270 g/mol. The minimum Gasteiger partial charge on any atom is -0.481 e. The predicted octanol–water partition coefficient (Wildman–Crippen LogP) is 2.46. The third kappa shape index (κ3) is 6.45. The van der Waals surface area contributed by atoms with Crippen molar-refractivity contribution < 1.29 is 14.7 Å². The summed E-state index contributed by atoms with van der Waals surface area (Å²) in [5, 5.41) is 11.4.